The Morgan fingerprint density at radius 2 is 1.84 bits per heavy atom. The lowest BCUT2D eigenvalue weighted by molar-refractivity contribution is -0.113. The summed E-state index contributed by atoms with van der Waals surface area (Å²) in [5, 5.41) is 2.88. The van der Waals surface area contributed by atoms with E-state index in [1.54, 1.807) is 10.9 Å². The fourth-order valence-corrected chi connectivity index (χ4v) is 6.42. The first kappa shape index (κ1) is 21.6. The highest BCUT2D eigenvalue weighted by Gasteiger charge is 2.26. The smallest absolute Gasteiger partial charge is 0.271 e. The van der Waals surface area contributed by atoms with Crippen LogP contribution in [-0.2, 0) is 16.1 Å². The summed E-state index contributed by atoms with van der Waals surface area (Å²) in [4.78, 5) is 32.2. The minimum atomic E-state index is -0.0543. The minimum absolute atomic E-state index is 0.0506. The van der Waals surface area contributed by atoms with Crippen LogP contribution in [0.25, 0.3) is 10.2 Å². The Morgan fingerprint density at radius 1 is 1.12 bits per heavy atom. The summed E-state index contributed by atoms with van der Waals surface area (Å²) in [6.45, 7) is 7.95. The van der Waals surface area contributed by atoms with E-state index in [0.29, 0.717) is 47.3 Å². The maximum absolute atomic E-state index is 13.4. The van der Waals surface area contributed by atoms with Gasteiger partial charge in [-0.25, -0.2) is 4.98 Å². The van der Waals surface area contributed by atoms with Crippen LogP contribution in [0, 0.1) is 0 Å². The number of nitrogens with zero attached hydrogens (tertiary/aromatic N) is 3. The molecule has 0 radical (unpaired) electrons. The second kappa shape index (κ2) is 8.97. The van der Waals surface area contributed by atoms with E-state index in [1.807, 2.05) is 0 Å². The lowest BCUT2D eigenvalue weighted by atomic mass is 9.98. The van der Waals surface area contributed by atoms with Crippen molar-refractivity contribution in [3.63, 3.8) is 0 Å². The molecule has 0 bridgehead atoms. The standard InChI is InChI=1S/C23H26N4O3S2/c1-14(2)15-3-5-16(6-4-15)17(26-7-9-30-10-8-26)11-27-13-24-19-20-23(31-12-18(28)25-20)32-21(19)22(27)29/h3-6,13-14,17H,7-12H2,1-2H3,(H,25,28). The number of anilines is 1. The van der Waals surface area contributed by atoms with Crippen molar-refractivity contribution in [1.82, 2.24) is 14.5 Å². The van der Waals surface area contributed by atoms with E-state index in [9.17, 15) is 9.59 Å². The van der Waals surface area contributed by atoms with E-state index >= 15 is 0 Å². The molecule has 7 nitrogen and oxygen atoms in total. The number of rotatable bonds is 5. The Kier molecular flexibility index (Phi) is 6.07. The molecule has 1 aromatic carbocycles. The molecule has 0 saturated carbocycles. The molecule has 4 heterocycles. The fraction of sp³-hybridized carbons (Fsp3) is 0.435. The molecule has 3 aromatic rings. The maximum atomic E-state index is 13.4. The number of hydrogen-bond donors (Lipinski definition) is 1. The van der Waals surface area contributed by atoms with Gasteiger partial charge in [-0.2, -0.15) is 0 Å². The zero-order valence-corrected chi connectivity index (χ0v) is 19.8. The molecule has 1 atom stereocenters. The third-order valence-electron chi connectivity index (χ3n) is 6.07. The van der Waals surface area contributed by atoms with Gasteiger partial charge in [0.2, 0.25) is 5.91 Å². The first-order chi connectivity index (χ1) is 15.5. The number of nitrogens with one attached hydrogen (secondary N) is 1. The van der Waals surface area contributed by atoms with Crippen molar-refractivity contribution >= 4 is 44.9 Å². The van der Waals surface area contributed by atoms with Gasteiger partial charge < -0.3 is 10.1 Å². The maximum Gasteiger partial charge on any atom is 0.271 e. The number of benzene rings is 1. The van der Waals surface area contributed by atoms with Gasteiger partial charge in [-0.05, 0) is 17.0 Å². The van der Waals surface area contributed by atoms with Gasteiger partial charge in [-0.1, -0.05) is 38.1 Å². The van der Waals surface area contributed by atoms with Crippen LogP contribution in [-0.4, -0.2) is 52.4 Å². The van der Waals surface area contributed by atoms with E-state index in [1.165, 1.54) is 34.2 Å². The van der Waals surface area contributed by atoms with E-state index in [2.05, 4.69) is 53.3 Å². The van der Waals surface area contributed by atoms with Crippen molar-refractivity contribution in [3.8, 4) is 0 Å². The van der Waals surface area contributed by atoms with E-state index in [-0.39, 0.29) is 17.5 Å². The number of fused-ring (bicyclic) bond motifs is 3. The molecule has 0 spiro atoms. The van der Waals surface area contributed by atoms with E-state index < -0.39 is 0 Å². The molecular formula is C23H26N4O3S2. The SMILES string of the molecule is CC(C)c1ccc(C(Cn2cnc3c4c(sc3c2=O)SCC(=O)N4)N2CCOCC2)cc1. The van der Waals surface area contributed by atoms with Gasteiger partial charge in [0.1, 0.15) is 10.2 Å². The highest BCUT2D eigenvalue weighted by molar-refractivity contribution is 8.02. The number of aromatic nitrogens is 2. The number of thioether (sulfide) groups is 1. The van der Waals surface area contributed by atoms with Gasteiger partial charge >= 0.3 is 0 Å². The third-order valence-corrected chi connectivity index (χ3v) is 8.51. The van der Waals surface area contributed by atoms with Crippen LogP contribution in [0.15, 0.2) is 39.6 Å². The summed E-state index contributed by atoms with van der Waals surface area (Å²) >= 11 is 2.90. The number of hydrogen-bond acceptors (Lipinski definition) is 7. The van der Waals surface area contributed by atoms with Crippen LogP contribution < -0.4 is 10.9 Å². The molecule has 2 aromatic heterocycles. The van der Waals surface area contributed by atoms with Crippen molar-refractivity contribution in [2.45, 2.75) is 36.6 Å². The molecule has 32 heavy (non-hydrogen) atoms. The summed E-state index contributed by atoms with van der Waals surface area (Å²) in [6, 6.07) is 8.79. The van der Waals surface area contributed by atoms with Gasteiger partial charge in [0.05, 0.1) is 41.2 Å². The Bertz CT molecular complexity index is 1200. The molecule has 2 aliphatic heterocycles. The minimum Gasteiger partial charge on any atom is -0.379 e. The number of amides is 1. The van der Waals surface area contributed by atoms with Gasteiger partial charge in [0, 0.05) is 19.6 Å². The largest absolute Gasteiger partial charge is 0.379 e. The number of thiophene rings is 1. The molecule has 168 valence electrons. The zero-order chi connectivity index (χ0) is 22.2. The molecule has 1 unspecified atom stereocenters. The first-order valence-corrected chi connectivity index (χ1v) is 12.7. The monoisotopic (exact) mass is 470 g/mol. The second-order valence-corrected chi connectivity index (χ2v) is 10.7. The Balaban J connectivity index is 1.51. The Hall–Kier alpha value is -2.20. The van der Waals surface area contributed by atoms with Crippen molar-refractivity contribution < 1.29 is 9.53 Å². The van der Waals surface area contributed by atoms with E-state index in [4.69, 9.17) is 4.74 Å². The lowest BCUT2D eigenvalue weighted by Crippen LogP contribution is -2.41. The third kappa shape index (κ3) is 4.10. The van der Waals surface area contributed by atoms with Crippen molar-refractivity contribution in [2.75, 3.05) is 37.4 Å². The van der Waals surface area contributed by atoms with Gasteiger partial charge in [0.15, 0.2) is 0 Å². The number of carbonyl (C=O) groups is 1. The van der Waals surface area contributed by atoms with Gasteiger partial charge in [0.25, 0.3) is 5.56 Å². The lowest BCUT2D eigenvalue weighted by Gasteiger charge is -2.35. The predicted octanol–water partition coefficient (Wildman–Crippen LogP) is 3.70. The molecule has 1 amide bonds. The fourth-order valence-electron chi connectivity index (χ4n) is 4.24. The summed E-state index contributed by atoms with van der Waals surface area (Å²) in [5.74, 6) is 0.799. The normalized spacial score (nSPS) is 18.0. The average molecular weight is 471 g/mol. The predicted molar refractivity (Wildman–Crippen MR) is 129 cm³/mol. The second-order valence-electron chi connectivity index (χ2n) is 8.47. The molecule has 2 aliphatic rings. The number of morpholine rings is 1. The molecule has 0 aliphatic carbocycles. The van der Waals surface area contributed by atoms with Crippen molar-refractivity contribution in [3.05, 3.63) is 52.1 Å². The molecule has 1 fully saturated rings. The van der Waals surface area contributed by atoms with Gasteiger partial charge in [-0.3, -0.25) is 19.1 Å². The first-order valence-electron chi connectivity index (χ1n) is 10.9. The van der Waals surface area contributed by atoms with Crippen LogP contribution in [0.2, 0.25) is 0 Å². The van der Waals surface area contributed by atoms with E-state index in [0.717, 1.165) is 17.3 Å². The zero-order valence-electron chi connectivity index (χ0n) is 18.2. The van der Waals surface area contributed by atoms with Crippen LogP contribution >= 0.6 is 23.1 Å². The number of ether oxygens (including phenoxy) is 1. The summed E-state index contributed by atoms with van der Waals surface area (Å²) < 4.78 is 8.84. The Labute approximate surface area is 194 Å². The average Bonchev–Trinajstić information content (AvgIpc) is 3.18. The summed E-state index contributed by atoms with van der Waals surface area (Å²) in [7, 11) is 0. The molecule has 9 heteroatoms. The van der Waals surface area contributed by atoms with Crippen LogP contribution in [0.3, 0.4) is 0 Å². The molecule has 1 saturated heterocycles. The Morgan fingerprint density at radius 3 is 2.56 bits per heavy atom. The molecule has 5 rings (SSSR count). The topological polar surface area (TPSA) is 76.5 Å². The van der Waals surface area contributed by atoms with Crippen LogP contribution in [0.5, 0.6) is 0 Å². The van der Waals surface area contributed by atoms with Crippen molar-refractivity contribution in [1.29, 1.82) is 0 Å². The highest BCUT2D eigenvalue weighted by Crippen LogP contribution is 2.42. The quantitative estimate of drug-likeness (QED) is 0.613. The highest BCUT2D eigenvalue weighted by atomic mass is 32.2. The molecule has 1 N–H and O–H groups in total. The van der Waals surface area contributed by atoms with Gasteiger partial charge in [-0.15, -0.1) is 23.1 Å². The summed E-state index contributed by atoms with van der Waals surface area (Å²) in [6.07, 6.45) is 1.62. The number of carbonyl (C=O) groups excluding carboxylic acids is 1. The van der Waals surface area contributed by atoms with Crippen molar-refractivity contribution in [2.24, 2.45) is 0 Å². The van der Waals surface area contributed by atoms with Crippen LogP contribution in [0.4, 0.5) is 5.69 Å². The molecular weight excluding hydrogens is 444 g/mol. The summed E-state index contributed by atoms with van der Waals surface area (Å²) in [5.41, 5.74) is 3.72. The van der Waals surface area contributed by atoms with Crippen LogP contribution in [0.1, 0.15) is 36.9 Å².